The van der Waals surface area contributed by atoms with Crippen LogP contribution in [0.1, 0.15) is 77.1 Å². The summed E-state index contributed by atoms with van der Waals surface area (Å²) in [6, 6.07) is 16.1. The number of unbranched alkanes of at least 4 members (excludes halogenated alkanes) is 1. The molecule has 4 rings (SSSR count). The van der Waals surface area contributed by atoms with E-state index in [0.29, 0.717) is 22.9 Å². The normalized spacial score (nSPS) is 13.1. The van der Waals surface area contributed by atoms with Gasteiger partial charge in [-0.25, -0.2) is 4.39 Å². The Morgan fingerprint density at radius 1 is 1.02 bits per heavy atom. The van der Waals surface area contributed by atoms with Crippen molar-refractivity contribution in [2.24, 2.45) is 0 Å². The first-order chi connectivity index (χ1) is 20.0. The Hall–Kier alpha value is -4.34. The van der Waals surface area contributed by atoms with Gasteiger partial charge in [-0.15, -0.1) is 13.2 Å². The highest BCUT2D eigenvalue weighted by Crippen LogP contribution is 2.45. The zero-order valence-corrected chi connectivity index (χ0v) is 23.2. The second kappa shape index (κ2) is 13.1. The number of amides is 1. The molecule has 2 unspecified atom stereocenters. The highest BCUT2D eigenvalue weighted by atomic mass is 19.4. The van der Waals surface area contributed by atoms with E-state index in [1.807, 2.05) is 18.2 Å². The highest BCUT2D eigenvalue weighted by molar-refractivity contribution is 5.94. The topological polar surface area (TPSA) is 91.4 Å². The fourth-order valence-corrected chi connectivity index (χ4v) is 5.32. The maximum absolute atomic E-state index is 14.9. The Kier molecular flexibility index (Phi) is 9.55. The van der Waals surface area contributed by atoms with E-state index in [1.165, 1.54) is 18.2 Å². The minimum absolute atomic E-state index is 0.00169. The summed E-state index contributed by atoms with van der Waals surface area (Å²) in [6.07, 6.45) is -0.800. The first-order valence-corrected chi connectivity index (χ1v) is 13.7. The van der Waals surface area contributed by atoms with Crippen molar-refractivity contribution in [2.45, 2.75) is 57.7 Å². The number of fused-ring (bicyclic) bond motifs is 1. The van der Waals surface area contributed by atoms with Crippen LogP contribution in [-0.2, 0) is 4.79 Å². The molecule has 3 N–H and O–H groups in total. The maximum atomic E-state index is 14.9. The van der Waals surface area contributed by atoms with E-state index in [9.17, 15) is 27.2 Å². The first-order valence-electron chi connectivity index (χ1n) is 13.7. The van der Waals surface area contributed by atoms with Gasteiger partial charge in [0.1, 0.15) is 11.6 Å². The third-order valence-electron chi connectivity index (χ3n) is 7.22. The smallest absolute Gasteiger partial charge is 0.481 e. The van der Waals surface area contributed by atoms with Crippen LogP contribution < -0.4 is 10.1 Å². The van der Waals surface area contributed by atoms with Crippen LogP contribution in [-0.4, -0.2) is 34.9 Å². The molecule has 0 bridgehead atoms. The number of benzene rings is 3. The number of aromatic amines is 1. The largest absolute Gasteiger partial charge is 0.573 e. The lowest BCUT2D eigenvalue weighted by atomic mass is 9.74. The van der Waals surface area contributed by atoms with Gasteiger partial charge in [0.25, 0.3) is 5.91 Å². The van der Waals surface area contributed by atoms with E-state index < -0.39 is 24.1 Å². The van der Waals surface area contributed by atoms with Crippen LogP contribution >= 0.6 is 0 Å². The molecule has 0 aliphatic heterocycles. The van der Waals surface area contributed by atoms with Gasteiger partial charge in [-0.1, -0.05) is 44.0 Å². The molecule has 0 fully saturated rings. The summed E-state index contributed by atoms with van der Waals surface area (Å²) >= 11 is 0. The molecule has 10 heteroatoms. The molecule has 42 heavy (non-hydrogen) atoms. The molecule has 0 spiro atoms. The molecule has 0 radical (unpaired) electrons. The molecule has 0 saturated heterocycles. The molecule has 2 atom stereocenters. The SMILES string of the molecule is CCCCC(c1ccc(C(=O)NCCC(=O)O)cc1)C(c1ccc(OC(F)(F)F)cc1)c1c[nH]c2c(F)cc(C)cc12. The number of halogens is 4. The Labute approximate surface area is 240 Å². The van der Waals surface area contributed by atoms with Crippen LogP contribution in [0.25, 0.3) is 10.9 Å². The maximum Gasteiger partial charge on any atom is 0.573 e. The Morgan fingerprint density at radius 3 is 2.31 bits per heavy atom. The van der Waals surface area contributed by atoms with Crippen molar-refractivity contribution in [3.8, 4) is 5.75 Å². The monoisotopic (exact) mass is 584 g/mol. The van der Waals surface area contributed by atoms with Crippen molar-refractivity contribution in [1.29, 1.82) is 0 Å². The zero-order chi connectivity index (χ0) is 30.4. The molecule has 222 valence electrons. The van der Waals surface area contributed by atoms with E-state index in [2.05, 4.69) is 22.0 Å². The predicted molar refractivity (Wildman–Crippen MR) is 151 cm³/mol. The van der Waals surface area contributed by atoms with Crippen molar-refractivity contribution < 1.29 is 37.0 Å². The second-order valence-electron chi connectivity index (χ2n) is 10.3. The highest BCUT2D eigenvalue weighted by Gasteiger charge is 2.32. The van der Waals surface area contributed by atoms with Gasteiger partial charge in [0.05, 0.1) is 11.9 Å². The van der Waals surface area contributed by atoms with Gasteiger partial charge >= 0.3 is 12.3 Å². The zero-order valence-electron chi connectivity index (χ0n) is 23.2. The molecular formula is C32H32F4N2O4. The van der Waals surface area contributed by atoms with Gasteiger partial charge in [-0.05, 0) is 77.9 Å². The summed E-state index contributed by atoms with van der Waals surface area (Å²) in [7, 11) is 0. The van der Waals surface area contributed by atoms with E-state index in [4.69, 9.17) is 5.11 Å². The third kappa shape index (κ3) is 7.48. The lowest BCUT2D eigenvalue weighted by Crippen LogP contribution is -2.26. The third-order valence-corrected chi connectivity index (χ3v) is 7.22. The average Bonchev–Trinajstić information content (AvgIpc) is 3.34. The summed E-state index contributed by atoms with van der Waals surface area (Å²) < 4.78 is 57.5. The quantitative estimate of drug-likeness (QED) is 0.148. The minimum atomic E-state index is -4.82. The molecule has 1 amide bonds. The van der Waals surface area contributed by atoms with Gasteiger partial charge in [0.2, 0.25) is 0 Å². The number of hydrogen-bond acceptors (Lipinski definition) is 3. The van der Waals surface area contributed by atoms with Crippen molar-refractivity contribution in [3.05, 3.63) is 100 Å². The number of H-pyrrole nitrogens is 1. The van der Waals surface area contributed by atoms with E-state index in [-0.39, 0.29) is 30.6 Å². The molecule has 1 aromatic heterocycles. The lowest BCUT2D eigenvalue weighted by molar-refractivity contribution is -0.274. The number of carbonyl (C=O) groups excluding carboxylic acids is 1. The molecule has 4 aromatic rings. The van der Waals surface area contributed by atoms with Crippen LogP contribution in [0, 0.1) is 12.7 Å². The van der Waals surface area contributed by atoms with Crippen LogP contribution in [0.5, 0.6) is 5.75 Å². The standard InChI is InChI=1S/C32H32F4N2O4/c1-3-4-5-24(20-6-8-22(9-7-20)31(41)37-15-14-28(39)40)29(21-10-12-23(13-11-21)42-32(34,35)36)26-18-38-30-25(26)16-19(2)17-27(30)33/h6-13,16-18,24,29,38H,3-5,14-15H2,1-2H3,(H,37,41)(H,39,40). The van der Waals surface area contributed by atoms with Gasteiger partial charge in [0.15, 0.2) is 0 Å². The van der Waals surface area contributed by atoms with Gasteiger partial charge in [-0.2, -0.15) is 0 Å². The number of rotatable bonds is 12. The number of aliphatic carboxylic acids is 1. The van der Waals surface area contributed by atoms with Crippen LogP contribution in [0.2, 0.25) is 0 Å². The van der Waals surface area contributed by atoms with Crippen molar-refractivity contribution in [3.63, 3.8) is 0 Å². The predicted octanol–water partition coefficient (Wildman–Crippen LogP) is 7.82. The van der Waals surface area contributed by atoms with Gasteiger partial charge in [0, 0.05) is 29.6 Å². The number of carboxylic acid groups (broad SMARTS) is 1. The van der Waals surface area contributed by atoms with Gasteiger partial charge in [-0.3, -0.25) is 9.59 Å². The Morgan fingerprint density at radius 2 is 1.69 bits per heavy atom. The summed E-state index contributed by atoms with van der Waals surface area (Å²) in [4.78, 5) is 26.3. The number of aromatic nitrogens is 1. The molecule has 1 heterocycles. The molecule has 6 nitrogen and oxygen atoms in total. The molecular weight excluding hydrogens is 552 g/mol. The van der Waals surface area contributed by atoms with Crippen molar-refractivity contribution >= 4 is 22.8 Å². The van der Waals surface area contributed by atoms with Crippen LogP contribution in [0.3, 0.4) is 0 Å². The van der Waals surface area contributed by atoms with Crippen LogP contribution in [0.15, 0.2) is 66.9 Å². The van der Waals surface area contributed by atoms with E-state index in [1.54, 1.807) is 37.4 Å². The number of alkyl halides is 3. The number of aryl methyl sites for hydroxylation is 1. The number of nitrogens with one attached hydrogen (secondary N) is 2. The van der Waals surface area contributed by atoms with Gasteiger partial charge < -0.3 is 20.1 Å². The lowest BCUT2D eigenvalue weighted by Gasteiger charge is -2.29. The summed E-state index contributed by atoms with van der Waals surface area (Å²) in [6.45, 7) is 3.86. The minimum Gasteiger partial charge on any atom is -0.481 e. The van der Waals surface area contributed by atoms with E-state index in [0.717, 1.165) is 35.1 Å². The van der Waals surface area contributed by atoms with E-state index >= 15 is 0 Å². The molecule has 0 aliphatic rings. The first kappa shape index (κ1) is 30.6. The summed E-state index contributed by atoms with van der Waals surface area (Å²) in [5.74, 6) is -2.69. The fraction of sp³-hybridized carbons (Fsp3) is 0.312. The Bertz CT molecular complexity index is 1530. The molecule has 0 saturated carbocycles. The molecule has 3 aromatic carbocycles. The van der Waals surface area contributed by atoms with Crippen LogP contribution in [0.4, 0.5) is 17.6 Å². The Balaban J connectivity index is 1.78. The number of hydrogen-bond donors (Lipinski definition) is 3. The second-order valence-corrected chi connectivity index (χ2v) is 10.3. The fourth-order valence-electron chi connectivity index (χ4n) is 5.32. The summed E-state index contributed by atoms with van der Waals surface area (Å²) in [5, 5.41) is 12.1. The van der Waals surface area contributed by atoms with Crippen molar-refractivity contribution in [1.82, 2.24) is 10.3 Å². The summed E-state index contributed by atoms with van der Waals surface area (Å²) in [5.41, 5.74) is 3.87. The number of carboxylic acids is 1. The number of carbonyl (C=O) groups is 2. The molecule has 0 aliphatic carbocycles. The van der Waals surface area contributed by atoms with Crippen molar-refractivity contribution in [2.75, 3.05) is 6.54 Å². The average molecular weight is 585 g/mol. The number of ether oxygens (including phenoxy) is 1.